The van der Waals surface area contributed by atoms with E-state index in [9.17, 15) is 10.2 Å². The molecule has 2 heteroatoms. The molecule has 0 bridgehead atoms. The second-order valence-corrected chi connectivity index (χ2v) is 6.39. The van der Waals surface area contributed by atoms with Crippen LogP contribution in [0.2, 0.25) is 0 Å². The van der Waals surface area contributed by atoms with Gasteiger partial charge in [0.2, 0.25) is 0 Å². The second kappa shape index (κ2) is 5.85. The lowest BCUT2D eigenvalue weighted by atomic mass is 10.0. The quantitative estimate of drug-likeness (QED) is 0.733. The maximum Gasteiger partial charge on any atom is 0.120 e. The Morgan fingerprint density at radius 3 is 1.45 bits per heavy atom. The van der Waals surface area contributed by atoms with Gasteiger partial charge < -0.3 is 10.2 Å². The van der Waals surface area contributed by atoms with Crippen LogP contribution in [-0.4, -0.2) is 21.4 Å². The molecule has 0 saturated carbocycles. The van der Waals surface area contributed by atoms with Crippen molar-refractivity contribution < 1.29 is 10.2 Å². The number of hydrogen-bond acceptors (Lipinski definition) is 2. The lowest BCUT2D eigenvalue weighted by molar-refractivity contribution is 0.143. The molecule has 0 spiro atoms. The molecule has 112 valence electrons. The lowest BCUT2D eigenvalue weighted by Crippen LogP contribution is -2.14. The Morgan fingerprint density at radius 1 is 0.682 bits per heavy atom. The highest BCUT2D eigenvalue weighted by Crippen LogP contribution is 2.18. The summed E-state index contributed by atoms with van der Waals surface area (Å²) >= 11 is 0. The third kappa shape index (κ3) is 4.93. The maximum absolute atomic E-state index is 9.67. The Kier molecular flexibility index (Phi) is 4.29. The van der Waals surface area contributed by atoms with Crippen LogP contribution in [-0.2, 0) is 0 Å². The summed E-state index contributed by atoms with van der Waals surface area (Å²) in [6, 6.07) is 11.8. The van der Waals surface area contributed by atoms with Crippen molar-refractivity contribution in [3.8, 4) is 23.7 Å². The van der Waals surface area contributed by atoms with E-state index in [1.54, 1.807) is 27.7 Å². The molecule has 0 aliphatic heterocycles. The minimum absolute atomic E-state index is 0.849. The average molecular weight is 292 g/mol. The predicted molar refractivity (Wildman–Crippen MR) is 90.3 cm³/mol. The zero-order valence-corrected chi connectivity index (χ0v) is 13.4. The molecule has 2 N–H and O–H groups in total. The lowest BCUT2D eigenvalue weighted by Gasteiger charge is -2.07. The molecular weight excluding hydrogens is 272 g/mol. The van der Waals surface area contributed by atoms with Gasteiger partial charge in [0.15, 0.2) is 0 Å². The number of hydrogen-bond donors (Lipinski definition) is 2. The predicted octanol–water partition coefficient (Wildman–Crippen LogP) is 3.08. The maximum atomic E-state index is 9.67. The van der Waals surface area contributed by atoms with E-state index in [4.69, 9.17) is 0 Å². The van der Waals surface area contributed by atoms with Gasteiger partial charge >= 0.3 is 0 Å². The highest BCUT2D eigenvalue weighted by Gasteiger charge is 2.07. The van der Waals surface area contributed by atoms with Gasteiger partial charge in [0, 0.05) is 11.1 Å². The van der Waals surface area contributed by atoms with Crippen LogP contribution in [0.5, 0.6) is 0 Å². The third-order valence-corrected chi connectivity index (χ3v) is 2.87. The topological polar surface area (TPSA) is 40.5 Å². The average Bonchev–Trinajstić information content (AvgIpc) is 2.41. The first kappa shape index (κ1) is 16.1. The second-order valence-electron chi connectivity index (χ2n) is 6.39. The van der Waals surface area contributed by atoms with Crippen molar-refractivity contribution >= 4 is 10.8 Å². The molecule has 2 aromatic carbocycles. The van der Waals surface area contributed by atoms with Crippen LogP contribution in [0.4, 0.5) is 0 Å². The fourth-order valence-corrected chi connectivity index (χ4v) is 1.85. The van der Waals surface area contributed by atoms with Gasteiger partial charge in [-0.25, -0.2) is 0 Å². The summed E-state index contributed by atoms with van der Waals surface area (Å²) < 4.78 is 0. The van der Waals surface area contributed by atoms with Gasteiger partial charge in [-0.15, -0.1) is 0 Å². The molecule has 2 aromatic rings. The molecule has 0 atom stereocenters. The van der Waals surface area contributed by atoms with Crippen LogP contribution in [0.1, 0.15) is 38.8 Å². The summed E-state index contributed by atoms with van der Waals surface area (Å²) in [5.74, 6) is 11.6. The first-order chi connectivity index (χ1) is 10.1. The van der Waals surface area contributed by atoms with E-state index < -0.39 is 11.2 Å². The van der Waals surface area contributed by atoms with E-state index in [-0.39, 0.29) is 0 Å². The monoisotopic (exact) mass is 292 g/mol. The van der Waals surface area contributed by atoms with Crippen LogP contribution >= 0.6 is 0 Å². The Balaban J connectivity index is 2.42. The summed E-state index contributed by atoms with van der Waals surface area (Å²) in [6.07, 6.45) is 0. The minimum atomic E-state index is -1.00. The molecule has 2 nitrogen and oxygen atoms in total. The minimum Gasteiger partial charge on any atom is -0.378 e. The standard InChI is InChI=1S/C20H20O2/c1-19(2,21)11-9-15-5-7-17-8-6-16(14-18(17)13-15)10-12-20(3,4)22/h5-8,13-14,21-22H,1-4H3. The van der Waals surface area contributed by atoms with Crippen LogP contribution < -0.4 is 0 Å². The fraction of sp³-hybridized carbons (Fsp3) is 0.300. The Morgan fingerprint density at radius 2 is 1.09 bits per heavy atom. The molecule has 0 amide bonds. The SMILES string of the molecule is CC(C)(O)C#Cc1ccc2ccc(C#CC(C)(C)O)cc2c1. The smallest absolute Gasteiger partial charge is 0.120 e. The highest BCUT2D eigenvalue weighted by molar-refractivity contribution is 5.85. The Labute approximate surface area is 131 Å². The normalized spacial score (nSPS) is 11.4. The van der Waals surface area contributed by atoms with Gasteiger partial charge in [0.1, 0.15) is 11.2 Å². The molecule has 2 rings (SSSR count). The largest absolute Gasteiger partial charge is 0.378 e. The van der Waals surface area contributed by atoms with Crippen LogP contribution in [0.15, 0.2) is 36.4 Å². The zero-order chi connectivity index (χ0) is 16.4. The number of fused-ring (bicyclic) bond motifs is 1. The van der Waals surface area contributed by atoms with E-state index >= 15 is 0 Å². The molecule has 0 aromatic heterocycles. The first-order valence-corrected chi connectivity index (χ1v) is 7.17. The Hall–Kier alpha value is -2.26. The van der Waals surface area contributed by atoms with Crippen molar-refractivity contribution in [3.63, 3.8) is 0 Å². The van der Waals surface area contributed by atoms with Crippen molar-refractivity contribution in [2.24, 2.45) is 0 Å². The summed E-state index contributed by atoms with van der Waals surface area (Å²) in [5, 5.41) is 21.5. The van der Waals surface area contributed by atoms with Crippen molar-refractivity contribution in [3.05, 3.63) is 47.5 Å². The summed E-state index contributed by atoms with van der Waals surface area (Å²) in [4.78, 5) is 0. The Bertz CT molecular complexity index is 744. The van der Waals surface area contributed by atoms with E-state index in [1.165, 1.54) is 0 Å². The van der Waals surface area contributed by atoms with Gasteiger partial charge in [0.05, 0.1) is 0 Å². The van der Waals surface area contributed by atoms with E-state index in [0.29, 0.717) is 0 Å². The number of rotatable bonds is 0. The van der Waals surface area contributed by atoms with Crippen LogP contribution in [0, 0.1) is 23.7 Å². The van der Waals surface area contributed by atoms with Gasteiger partial charge in [0.25, 0.3) is 0 Å². The van der Waals surface area contributed by atoms with Gasteiger partial charge in [-0.1, -0.05) is 35.8 Å². The molecule has 0 aliphatic carbocycles. The molecule has 22 heavy (non-hydrogen) atoms. The highest BCUT2D eigenvalue weighted by atomic mass is 16.3. The summed E-state index contributed by atoms with van der Waals surface area (Å²) in [5.41, 5.74) is -0.311. The molecule has 0 aliphatic rings. The van der Waals surface area contributed by atoms with Gasteiger partial charge in [-0.3, -0.25) is 0 Å². The van der Waals surface area contributed by atoms with Crippen molar-refractivity contribution in [1.82, 2.24) is 0 Å². The number of aliphatic hydroxyl groups is 2. The fourth-order valence-electron chi connectivity index (χ4n) is 1.85. The van der Waals surface area contributed by atoms with E-state index in [2.05, 4.69) is 23.7 Å². The van der Waals surface area contributed by atoms with Crippen LogP contribution in [0.3, 0.4) is 0 Å². The van der Waals surface area contributed by atoms with Crippen molar-refractivity contribution in [1.29, 1.82) is 0 Å². The van der Waals surface area contributed by atoms with E-state index in [0.717, 1.165) is 21.9 Å². The molecule has 0 saturated heterocycles. The van der Waals surface area contributed by atoms with Crippen LogP contribution in [0.25, 0.3) is 10.8 Å². The van der Waals surface area contributed by atoms with E-state index in [1.807, 2.05) is 36.4 Å². The third-order valence-electron chi connectivity index (χ3n) is 2.87. The number of benzene rings is 2. The van der Waals surface area contributed by atoms with Gasteiger partial charge in [-0.2, -0.15) is 0 Å². The molecule has 0 unspecified atom stereocenters. The summed E-state index contributed by atoms with van der Waals surface area (Å²) in [6.45, 7) is 6.63. The summed E-state index contributed by atoms with van der Waals surface area (Å²) in [7, 11) is 0. The molecular formula is C20H20O2. The molecule has 0 fully saturated rings. The zero-order valence-electron chi connectivity index (χ0n) is 13.4. The molecule has 0 heterocycles. The van der Waals surface area contributed by atoms with Crippen molar-refractivity contribution in [2.45, 2.75) is 38.9 Å². The van der Waals surface area contributed by atoms with Gasteiger partial charge in [-0.05, 0) is 62.7 Å². The molecule has 0 radical (unpaired) electrons. The first-order valence-electron chi connectivity index (χ1n) is 7.17. The van der Waals surface area contributed by atoms with Crippen molar-refractivity contribution in [2.75, 3.05) is 0 Å².